The lowest BCUT2D eigenvalue weighted by Crippen LogP contribution is -2.35. The lowest BCUT2D eigenvalue weighted by molar-refractivity contribution is 0.421. The van der Waals surface area contributed by atoms with Crippen molar-refractivity contribution < 1.29 is 0 Å². The van der Waals surface area contributed by atoms with Crippen molar-refractivity contribution in [1.82, 2.24) is 5.43 Å². The standard InChI is InChI=1S/C10H20N2/c11-12-10(7-9-3-4-9)6-5-8-1-2-8/h8-10,12H,1-7,11H2. The molecule has 1 unspecified atom stereocenters. The molecule has 2 aliphatic rings. The molecule has 2 nitrogen and oxygen atoms in total. The van der Waals surface area contributed by atoms with Crippen molar-refractivity contribution in [2.24, 2.45) is 17.7 Å². The molecule has 2 aliphatic carbocycles. The summed E-state index contributed by atoms with van der Waals surface area (Å²) in [5, 5.41) is 0. The van der Waals surface area contributed by atoms with E-state index < -0.39 is 0 Å². The summed E-state index contributed by atoms with van der Waals surface area (Å²) < 4.78 is 0. The summed E-state index contributed by atoms with van der Waals surface area (Å²) >= 11 is 0. The molecule has 3 N–H and O–H groups in total. The molecule has 0 radical (unpaired) electrons. The monoisotopic (exact) mass is 168 g/mol. The van der Waals surface area contributed by atoms with Crippen molar-refractivity contribution >= 4 is 0 Å². The summed E-state index contributed by atoms with van der Waals surface area (Å²) in [7, 11) is 0. The van der Waals surface area contributed by atoms with E-state index >= 15 is 0 Å². The zero-order valence-electron chi connectivity index (χ0n) is 7.76. The molecule has 1 atom stereocenters. The van der Waals surface area contributed by atoms with Crippen LogP contribution >= 0.6 is 0 Å². The van der Waals surface area contributed by atoms with E-state index in [0.717, 1.165) is 11.8 Å². The van der Waals surface area contributed by atoms with E-state index in [1.165, 1.54) is 44.9 Å². The van der Waals surface area contributed by atoms with E-state index in [1.54, 1.807) is 0 Å². The maximum atomic E-state index is 5.51. The Morgan fingerprint density at radius 2 is 1.83 bits per heavy atom. The van der Waals surface area contributed by atoms with Crippen LogP contribution < -0.4 is 11.3 Å². The Balaban J connectivity index is 1.58. The van der Waals surface area contributed by atoms with Crippen molar-refractivity contribution in [3.8, 4) is 0 Å². The molecule has 0 aromatic rings. The van der Waals surface area contributed by atoms with Crippen LogP contribution in [0.5, 0.6) is 0 Å². The van der Waals surface area contributed by atoms with Gasteiger partial charge in [0.2, 0.25) is 0 Å². The summed E-state index contributed by atoms with van der Waals surface area (Å²) in [5.41, 5.74) is 2.96. The molecule has 2 rings (SSSR count). The normalized spacial score (nSPS) is 25.8. The number of hydrazine groups is 1. The molecule has 0 spiro atoms. The third-order valence-electron chi connectivity index (χ3n) is 3.17. The smallest absolute Gasteiger partial charge is 0.0213 e. The summed E-state index contributed by atoms with van der Waals surface area (Å²) in [6, 6.07) is 0.609. The molecular formula is C10H20N2. The molecule has 12 heavy (non-hydrogen) atoms. The van der Waals surface area contributed by atoms with Gasteiger partial charge >= 0.3 is 0 Å². The van der Waals surface area contributed by atoms with Crippen molar-refractivity contribution in [1.29, 1.82) is 0 Å². The molecule has 0 bridgehead atoms. The molecule has 2 fully saturated rings. The van der Waals surface area contributed by atoms with Crippen LogP contribution in [0.2, 0.25) is 0 Å². The summed E-state index contributed by atoms with van der Waals surface area (Å²) in [6.07, 6.45) is 9.87. The molecule has 0 amide bonds. The highest BCUT2D eigenvalue weighted by Crippen LogP contribution is 2.37. The molecular weight excluding hydrogens is 148 g/mol. The Kier molecular flexibility index (Phi) is 2.66. The highest BCUT2D eigenvalue weighted by atomic mass is 15.2. The Morgan fingerprint density at radius 1 is 1.17 bits per heavy atom. The van der Waals surface area contributed by atoms with E-state index in [4.69, 9.17) is 5.84 Å². The second kappa shape index (κ2) is 3.75. The van der Waals surface area contributed by atoms with Crippen LogP contribution in [0, 0.1) is 11.8 Å². The fraction of sp³-hybridized carbons (Fsp3) is 1.00. The van der Waals surface area contributed by atoms with Crippen LogP contribution in [0.3, 0.4) is 0 Å². The third-order valence-corrected chi connectivity index (χ3v) is 3.17. The van der Waals surface area contributed by atoms with E-state index in [0.29, 0.717) is 6.04 Å². The summed E-state index contributed by atoms with van der Waals surface area (Å²) in [4.78, 5) is 0. The van der Waals surface area contributed by atoms with E-state index in [-0.39, 0.29) is 0 Å². The predicted octanol–water partition coefficient (Wildman–Crippen LogP) is 1.81. The average molecular weight is 168 g/mol. The average Bonchev–Trinajstić information content (AvgIpc) is 2.92. The fourth-order valence-corrected chi connectivity index (χ4v) is 1.87. The fourth-order valence-electron chi connectivity index (χ4n) is 1.87. The zero-order chi connectivity index (χ0) is 8.39. The first kappa shape index (κ1) is 8.52. The van der Waals surface area contributed by atoms with Crippen LogP contribution in [0.15, 0.2) is 0 Å². The van der Waals surface area contributed by atoms with E-state index in [2.05, 4.69) is 5.43 Å². The Labute approximate surface area is 74.9 Å². The van der Waals surface area contributed by atoms with Gasteiger partial charge in [-0.2, -0.15) is 0 Å². The lowest BCUT2D eigenvalue weighted by Gasteiger charge is -2.14. The first-order chi connectivity index (χ1) is 5.88. The number of rotatable bonds is 6. The maximum absolute atomic E-state index is 5.51. The maximum Gasteiger partial charge on any atom is 0.0213 e. The number of hydrogen-bond donors (Lipinski definition) is 2. The molecule has 0 heterocycles. The number of nitrogens with one attached hydrogen (secondary N) is 1. The summed E-state index contributed by atoms with van der Waals surface area (Å²) in [5.74, 6) is 7.57. The zero-order valence-corrected chi connectivity index (χ0v) is 7.76. The van der Waals surface area contributed by atoms with Crippen LogP contribution in [0.1, 0.15) is 44.9 Å². The summed E-state index contributed by atoms with van der Waals surface area (Å²) in [6.45, 7) is 0. The van der Waals surface area contributed by atoms with Gasteiger partial charge in [-0.3, -0.25) is 11.3 Å². The van der Waals surface area contributed by atoms with Crippen molar-refractivity contribution in [2.45, 2.75) is 51.0 Å². The highest BCUT2D eigenvalue weighted by molar-refractivity contribution is 4.81. The lowest BCUT2D eigenvalue weighted by atomic mass is 10.0. The van der Waals surface area contributed by atoms with Gasteiger partial charge < -0.3 is 0 Å². The van der Waals surface area contributed by atoms with E-state index in [1.807, 2.05) is 0 Å². The Morgan fingerprint density at radius 3 is 2.33 bits per heavy atom. The van der Waals surface area contributed by atoms with E-state index in [9.17, 15) is 0 Å². The van der Waals surface area contributed by atoms with Gasteiger partial charge in [0.15, 0.2) is 0 Å². The molecule has 0 aliphatic heterocycles. The molecule has 0 saturated heterocycles. The van der Waals surface area contributed by atoms with Gasteiger partial charge in [0, 0.05) is 6.04 Å². The SMILES string of the molecule is NNC(CCC1CC1)CC1CC1. The first-order valence-electron chi connectivity index (χ1n) is 5.34. The first-order valence-corrected chi connectivity index (χ1v) is 5.34. The number of hydrogen-bond acceptors (Lipinski definition) is 2. The molecule has 2 heteroatoms. The second-order valence-corrected chi connectivity index (χ2v) is 4.56. The minimum absolute atomic E-state index is 0.609. The van der Waals surface area contributed by atoms with Crippen LogP contribution in [0.25, 0.3) is 0 Å². The van der Waals surface area contributed by atoms with Gasteiger partial charge in [-0.1, -0.05) is 25.7 Å². The van der Waals surface area contributed by atoms with Gasteiger partial charge in [0.05, 0.1) is 0 Å². The minimum Gasteiger partial charge on any atom is -0.271 e. The van der Waals surface area contributed by atoms with Crippen molar-refractivity contribution in [2.75, 3.05) is 0 Å². The minimum atomic E-state index is 0.609. The number of nitrogens with two attached hydrogens (primary N) is 1. The van der Waals surface area contributed by atoms with Crippen molar-refractivity contribution in [3.63, 3.8) is 0 Å². The van der Waals surface area contributed by atoms with Crippen LogP contribution in [-0.4, -0.2) is 6.04 Å². The van der Waals surface area contributed by atoms with Gasteiger partial charge in [-0.05, 0) is 31.1 Å². The molecule has 0 aromatic carbocycles. The van der Waals surface area contributed by atoms with Gasteiger partial charge in [-0.25, -0.2) is 0 Å². The molecule has 2 saturated carbocycles. The molecule has 0 aromatic heterocycles. The van der Waals surface area contributed by atoms with Crippen LogP contribution in [0.4, 0.5) is 0 Å². The largest absolute Gasteiger partial charge is 0.271 e. The molecule has 70 valence electrons. The Bertz CT molecular complexity index is 139. The van der Waals surface area contributed by atoms with Gasteiger partial charge in [-0.15, -0.1) is 0 Å². The Hall–Kier alpha value is -0.0800. The second-order valence-electron chi connectivity index (χ2n) is 4.56. The highest BCUT2D eigenvalue weighted by Gasteiger charge is 2.27. The predicted molar refractivity (Wildman–Crippen MR) is 50.4 cm³/mol. The quantitative estimate of drug-likeness (QED) is 0.469. The van der Waals surface area contributed by atoms with Gasteiger partial charge in [0.25, 0.3) is 0 Å². The topological polar surface area (TPSA) is 38.0 Å². The van der Waals surface area contributed by atoms with Gasteiger partial charge in [0.1, 0.15) is 0 Å². The third kappa shape index (κ3) is 2.76. The van der Waals surface area contributed by atoms with Crippen LogP contribution in [-0.2, 0) is 0 Å². The van der Waals surface area contributed by atoms with Crippen molar-refractivity contribution in [3.05, 3.63) is 0 Å².